The first-order chi connectivity index (χ1) is 7.27. The molecule has 0 atom stereocenters. The molecule has 0 unspecified atom stereocenters. The van der Waals surface area contributed by atoms with Gasteiger partial charge < -0.3 is 5.32 Å². The van der Waals surface area contributed by atoms with Gasteiger partial charge in [0.1, 0.15) is 0 Å². The van der Waals surface area contributed by atoms with E-state index in [4.69, 9.17) is 0 Å². The molecule has 16 heavy (non-hydrogen) atoms. The molecular weight excluding hydrogens is 234 g/mol. The first-order valence-electron chi connectivity index (χ1n) is 6.30. The molecule has 0 heterocycles. The van der Waals surface area contributed by atoms with Gasteiger partial charge in [0.2, 0.25) is 0 Å². The van der Waals surface area contributed by atoms with E-state index in [0.29, 0.717) is 10.2 Å². The van der Waals surface area contributed by atoms with Gasteiger partial charge >= 0.3 is 0 Å². The maximum atomic E-state index is 4.29. The normalized spacial score (nSPS) is 13.1. The number of hydrogen-bond donors (Lipinski definition) is 2. The summed E-state index contributed by atoms with van der Waals surface area (Å²) in [6.45, 7) is 13.7. The monoisotopic (exact) mass is 263 g/mol. The van der Waals surface area contributed by atoms with Crippen LogP contribution in [-0.4, -0.2) is 17.8 Å². The predicted octanol–water partition coefficient (Wildman–Crippen LogP) is 4.54. The van der Waals surface area contributed by atoms with Crippen LogP contribution in [0.3, 0.4) is 0 Å². The van der Waals surface area contributed by atoms with Crippen molar-refractivity contribution in [1.29, 1.82) is 0 Å². The minimum atomic E-state index is 0.316. The van der Waals surface area contributed by atoms with Gasteiger partial charge in [-0.25, -0.2) is 0 Å². The van der Waals surface area contributed by atoms with Crippen LogP contribution >= 0.6 is 22.5 Å². The highest BCUT2D eigenvalue weighted by atomic mass is 33.1. The van der Waals surface area contributed by atoms with E-state index in [0.717, 1.165) is 13.1 Å². The van der Waals surface area contributed by atoms with Gasteiger partial charge in [-0.05, 0) is 58.0 Å². The SMILES string of the molecule is CC(C)(C)CCCNCCCC(C)(C)SS. The summed E-state index contributed by atoms with van der Waals surface area (Å²) in [6.07, 6.45) is 5.07. The highest BCUT2D eigenvalue weighted by Gasteiger charge is 2.15. The van der Waals surface area contributed by atoms with Gasteiger partial charge in [0.05, 0.1) is 0 Å². The smallest absolute Gasteiger partial charge is 0.0205 e. The molecule has 0 aliphatic carbocycles. The zero-order valence-corrected chi connectivity index (χ0v) is 13.3. The Morgan fingerprint density at radius 1 is 0.938 bits per heavy atom. The lowest BCUT2D eigenvalue weighted by atomic mass is 9.91. The summed E-state index contributed by atoms with van der Waals surface area (Å²) >= 11 is 4.29. The lowest BCUT2D eigenvalue weighted by Gasteiger charge is -2.21. The van der Waals surface area contributed by atoms with Crippen molar-refractivity contribution in [3.05, 3.63) is 0 Å². The second kappa shape index (κ2) is 7.88. The lowest BCUT2D eigenvalue weighted by molar-refractivity contribution is 0.360. The Labute approximate surface area is 111 Å². The summed E-state index contributed by atoms with van der Waals surface area (Å²) < 4.78 is 0.316. The topological polar surface area (TPSA) is 12.0 Å². The van der Waals surface area contributed by atoms with Gasteiger partial charge in [0.15, 0.2) is 0 Å². The van der Waals surface area contributed by atoms with Crippen molar-refractivity contribution in [2.24, 2.45) is 5.41 Å². The van der Waals surface area contributed by atoms with Gasteiger partial charge in [-0.3, -0.25) is 0 Å². The molecule has 1 nitrogen and oxygen atoms in total. The highest BCUT2D eigenvalue weighted by Crippen LogP contribution is 2.31. The summed E-state index contributed by atoms with van der Waals surface area (Å²) in [5.41, 5.74) is 0.479. The Balaban J connectivity index is 3.29. The zero-order chi connectivity index (χ0) is 12.7. The van der Waals surface area contributed by atoms with Crippen LogP contribution in [0.4, 0.5) is 0 Å². The zero-order valence-electron chi connectivity index (χ0n) is 11.6. The molecule has 0 bridgehead atoms. The Morgan fingerprint density at radius 3 is 1.88 bits per heavy atom. The third kappa shape index (κ3) is 11.2. The van der Waals surface area contributed by atoms with Crippen molar-refractivity contribution >= 4 is 22.5 Å². The van der Waals surface area contributed by atoms with Crippen LogP contribution < -0.4 is 5.32 Å². The minimum absolute atomic E-state index is 0.316. The Hall–Kier alpha value is 0.660. The molecule has 0 aromatic heterocycles. The van der Waals surface area contributed by atoms with Crippen molar-refractivity contribution in [1.82, 2.24) is 5.32 Å². The maximum absolute atomic E-state index is 4.29. The summed E-state index contributed by atoms with van der Waals surface area (Å²) in [5, 5.41) is 3.52. The first kappa shape index (κ1) is 16.7. The predicted molar refractivity (Wildman–Crippen MR) is 81.4 cm³/mol. The highest BCUT2D eigenvalue weighted by molar-refractivity contribution is 8.69. The maximum Gasteiger partial charge on any atom is 0.0205 e. The van der Waals surface area contributed by atoms with E-state index in [1.54, 1.807) is 10.8 Å². The Morgan fingerprint density at radius 2 is 1.44 bits per heavy atom. The van der Waals surface area contributed by atoms with E-state index < -0.39 is 0 Å². The van der Waals surface area contributed by atoms with Gasteiger partial charge in [0, 0.05) is 4.75 Å². The van der Waals surface area contributed by atoms with Gasteiger partial charge in [0.25, 0.3) is 0 Å². The average molecular weight is 264 g/mol. The molecule has 98 valence electrons. The molecule has 0 aliphatic rings. The quantitative estimate of drug-likeness (QED) is 0.379. The first-order valence-corrected chi connectivity index (χ1v) is 8.17. The second-order valence-corrected chi connectivity index (χ2v) is 8.20. The van der Waals surface area contributed by atoms with Gasteiger partial charge in [-0.1, -0.05) is 31.6 Å². The van der Waals surface area contributed by atoms with Crippen LogP contribution in [0.25, 0.3) is 0 Å². The van der Waals surface area contributed by atoms with E-state index in [1.165, 1.54) is 25.7 Å². The molecule has 0 fully saturated rings. The minimum Gasteiger partial charge on any atom is -0.317 e. The van der Waals surface area contributed by atoms with Crippen molar-refractivity contribution in [2.75, 3.05) is 13.1 Å². The molecule has 0 rings (SSSR count). The molecule has 1 N–H and O–H groups in total. The van der Waals surface area contributed by atoms with Crippen molar-refractivity contribution < 1.29 is 0 Å². The van der Waals surface area contributed by atoms with E-state index in [2.05, 4.69) is 51.6 Å². The van der Waals surface area contributed by atoms with Crippen molar-refractivity contribution in [2.45, 2.75) is 65.0 Å². The van der Waals surface area contributed by atoms with E-state index in [9.17, 15) is 0 Å². The van der Waals surface area contributed by atoms with Crippen molar-refractivity contribution in [3.8, 4) is 0 Å². The van der Waals surface area contributed by atoms with Gasteiger partial charge in [-0.15, -0.1) is 11.7 Å². The number of thiol groups is 1. The average Bonchev–Trinajstić information content (AvgIpc) is 2.14. The Kier molecular flexibility index (Phi) is 8.21. The molecule has 3 heteroatoms. The van der Waals surface area contributed by atoms with Crippen LogP contribution in [0.2, 0.25) is 0 Å². The van der Waals surface area contributed by atoms with Crippen molar-refractivity contribution in [3.63, 3.8) is 0 Å². The fraction of sp³-hybridized carbons (Fsp3) is 1.00. The summed E-state index contributed by atoms with van der Waals surface area (Å²) in [5.74, 6) is 0. The molecular formula is C13H29NS2. The molecule has 0 aromatic rings. The molecule has 0 saturated heterocycles. The molecule has 0 spiro atoms. The number of nitrogens with one attached hydrogen (secondary N) is 1. The molecule has 0 saturated carbocycles. The number of rotatable bonds is 8. The number of hydrogen-bond acceptors (Lipinski definition) is 3. The Bertz CT molecular complexity index is 173. The van der Waals surface area contributed by atoms with Crippen LogP contribution in [0.1, 0.15) is 60.3 Å². The van der Waals surface area contributed by atoms with Crippen LogP contribution in [0.15, 0.2) is 0 Å². The summed E-state index contributed by atoms with van der Waals surface area (Å²) in [4.78, 5) is 0. The second-order valence-electron chi connectivity index (χ2n) is 6.37. The standard InChI is InChI=1S/C13H29NS2/c1-12(2,3)8-6-10-14-11-7-9-13(4,5)16-15/h14-15H,6-11H2,1-5H3. The fourth-order valence-corrected chi connectivity index (χ4v) is 2.06. The van der Waals surface area contributed by atoms with Crippen LogP contribution in [0, 0.1) is 5.41 Å². The van der Waals surface area contributed by atoms with Crippen LogP contribution in [0.5, 0.6) is 0 Å². The molecule has 0 aromatic carbocycles. The summed E-state index contributed by atoms with van der Waals surface area (Å²) in [6, 6.07) is 0. The third-order valence-electron chi connectivity index (χ3n) is 2.66. The van der Waals surface area contributed by atoms with E-state index >= 15 is 0 Å². The molecule has 0 amide bonds. The molecule has 0 radical (unpaired) electrons. The van der Waals surface area contributed by atoms with Crippen LogP contribution in [-0.2, 0) is 0 Å². The lowest BCUT2D eigenvalue weighted by Crippen LogP contribution is -2.21. The summed E-state index contributed by atoms with van der Waals surface area (Å²) in [7, 11) is 1.67. The fourth-order valence-electron chi connectivity index (χ4n) is 1.55. The largest absolute Gasteiger partial charge is 0.317 e. The van der Waals surface area contributed by atoms with Gasteiger partial charge in [-0.2, -0.15) is 0 Å². The van der Waals surface area contributed by atoms with E-state index in [-0.39, 0.29) is 0 Å². The van der Waals surface area contributed by atoms with E-state index in [1.807, 2.05) is 0 Å². The third-order valence-corrected chi connectivity index (χ3v) is 4.84. The molecule has 0 aliphatic heterocycles.